The molecule has 1 fully saturated rings. The number of aromatic nitrogens is 4. The summed E-state index contributed by atoms with van der Waals surface area (Å²) in [5.74, 6) is -0.566. The number of hydrogen-bond donors (Lipinski definition) is 0. The van der Waals surface area contributed by atoms with E-state index >= 15 is 0 Å². The molecule has 1 aliphatic carbocycles. The smallest absolute Gasteiger partial charge is 0.303 e. The van der Waals surface area contributed by atoms with Crippen molar-refractivity contribution in [2.45, 2.75) is 65.2 Å². The Labute approximate surface area is 151 Å². The van der Waals surface area contributed by atoms with Gasteiger partial charge in [0.2, 0.25) is 0 Å². The summed E-state index contributed by atoms with van der Waals surface area (Å²) in [6.45, 7) is 5.08. The van der Waals surface area contributed by atoms with Gasteiger partial charge in [0.15, 0.2) is 11.8 Å². The molecule has 0 spiro atoms. The average molecular weight is 360 g/mol. The van der Waals surface area contributed by atoms with Crippen LogP contribution >= 0.6 is 0 Å². The minimum atomic E-state index is -0.584. The van der Waals surface area contributed by atoms with Crippen molar-refractivity contribution >= 4 is 23.1 Å². The first-order valence-electron chi connectivity index (χ1n) is 8.98. The van der Waals surface area contributed by atoms with Crippen LogP contribution < -0.4 is 0 Å². The second-order valence-electron chi connectivity index (χ2n) is 6.66. The van der Waals surface area contributed by atoms with E-state index in [-0.39, 0.29) is 11.9 Å². The molecule has 1 unspecified atom stereocenters. The van der Waals surface area contributed by atoms with E-state index in [2.05, 4.69) is 15.0 Å². The quantitative estimate of drug-likeness (QED) is 0.697. The molecule has 0 radical (unpaired) electrons. The summed E-state index contributed by atoms with van der Waals surface area (Å²) in [5, 5.41) is 0. The molecule has 2 heterocycles. The van der Waals surface area contributed by atoms with Gasteiger partial charge in [-0.2, -0.15) is 0 Å². The summed E-state index contributed by atoms with van der Waals surface area (Å²) in [4.78, 5) is 36.2. The lowest BCUT2D eigenvalue weighted by Crippen LogP contribution is -2.44. The fraction of sp³-hybridized carbons (Fsp3) is 0.611. The molecule has 1 saturated carbocycles. The number of aryl methyl sites for hydroxylation is 1. The second-order valence-corrected chi connectivity index (χ2v) is 6.66. The fourth-order valence-corrected chi connectivity index (χ4v) is 3.37. The zero-order chi connectivity index (χ0) is 18.7. The van der Waals surface area contributed by atoms with Gasteiger partial charge in [-0.1, -0.05) is 13.3 Å². The van der Waals surface area contributed by atoms with Gasteiger partial charge in [0.25, 0.3) is 0 Å². The van der Waals surface area contributed by atoms with Crippen molar-refractivity contribution in [3.8, 4) is 0 Å². The molecule has 0 bridgehead atoms. The van der Waals surface area contributed by atoms with Gasteiger partial charge in [0, 0.05) is 13.8 Å². The molecular weight excluding hydrogens is 336 g/mol. The number of imidazole rings is 1. The lowest BCUT2D eigenvalue weighted by atomic mass is 9.79. The molecule has 26 heavy (non-hydrogen) atoms. The Kier molecular flexibility index (Phi) is 5.49. The third kappa shape index (κ3) is 3.84. The number of carbonyl (C=O) groups is 2. The first kappa shape index (κ1) is 18.3. The topological polar surface area (TPSA) is 96.2 Å². The zero-order valence-electron chi connectivity index (χ0n) is 15.3. The Morgan fingerprint density at radius 2 is 1.92 bits per heavy atom. The molecule has 8 nitrogen and oxygen atoms in total. The normalized spacial score (nSPS) is 16.7. The number of ether oxygens (including phenoxy) is 2. The van der Waals surface area contributed by atoms with Gasteiger partial charge in [0.1, 0.15) is 17.9 Å². The Bertz CT molecular complexity index is 800. The van der Waals surface area contributed by atoms with Crippen molar-refractivity contribution in [1.29, 1.82) is 0 Å². The molecule has 2 aromatic heterocycles. The van der Waals surface area contributed by atoms with Crippen molar-refractivity contribution in [3.05, 3.63) is 18.3 Å². The summed E-state index contributed by atoms with van der Waals surface area (Å²) >= 11 is 0. The van der Waals surface area contributed by atoms with Crippen LogP contribution in [0, 0.1) is 5.92 Å². The average Bonchev–Trinajstić information content (AvgIpc) is 2.94. The van der Waals surface area contributed by atoms with Gasteiger partial charge in [-0.05, 0) is 25.2 Å². The Morgan fingerprint density at radius 3 is 2.50 bits per heavy atom. The molecule has 0 aromatic carbocycles. The molecule has 8 heteroatoms. The maximum absolute atomic E-state index is 11.7. The lowest BCUT2D eigenvalue weighted by molar-refractivity contribution is -0.174. The van der Waals surface area contributed by atoms with Crippen LogP contribution in [0.5, 0.6) is 0 Å². The van der Waals surface area contributed by atoms with Crippen LogP contribution in [0.3, 0.4) is 0 Å². The lowest BCUT2D eigenvalue weighted by Gasteiger charge is -2.37. The number of hydrogen-bond acceptors (Lipinski definition) is 7. The van der Waals surface area contributed by atoms with Gasteiger partial charge in [-0.25, -0.2) is 15.0 Å². The van der Waals surface area contributed by atoms with Gasteiger partial charge in [0.05, 0.1) is 18.6 Å². The van der Waals surface area contributed by atoms with E-state index in [0.29, 0.717) is 12.2 Å². The van der Waals surface area contributed by atoms with Crippen LogP contribution in [0.15, 0.2) is 12.7 Å². The van der Waals surface area contributed by atoms with E-state index in [1.807, 2.05) is 11.5 Å². The first-order chi connectivity index (χ1) is 12.5. The van der Waals surface area contributed by atoms with Gasteiger partial charge in [-0.15, -0.1) is 0 Å². The van der Waals surface area contributed by atoms with Gasteiger partial charge >= 0.3 is 11.9 Å². The molecule has 0 amide bonds. The molecule has 1 aliphatic rings. The van der Waals surface area contributed by atoms with E-state index in [1.54, 1.807) is 6.33 Å². The molecule has 3 rings (SSSR count). The third-order valence-electron chi connectivity index (χ3n) is 4.79. The Hall–Kier alpha value is -2.51. The summed E-state index contributed by atoms with van der Waals surface area (Å²) < 4.78 is 12.9. The van der Waals surface area contributed by atoms with E-state index in [1.165, 1.54) is 20.2 Å². The van der Waals surface area contributed by atoms with Crippen molar-refractivity contribution in [3.63, 3.8) is 0 Å². The van der Waals surface area contributed by atoms with Crippen LogP contribution in [-0.4, -0.2) is 43.7 Å². The monoisotopic (exact) mass is 360 g/mol. The molecule has 2 aromatic rings. The van der Waals surface area contributed by atoms with E-state index in [9.17, 15) is 9.59 Å². The number of rotatable bonds is 7. The molecular formula is C18H24N4O4. The van der Waals surface area contributed by atoms with Crippen LogP contribution in [0.2, 0.25) is 0 Å². The van der Waals surface area contributed by atoms with Crippen LogP contribution in [0.1, 0.15) is 45.7 Å². The van der Waals surface area contributed by atoms with Crippen LogP contribution in [0.4, 0.5) is 0 Å². The number of esters is 2. The molecule has 0 saturated heterocycles. The third-order valence-corrected chi connectivity index (χ3v) is 4.79. The summed E-state index contributed by atoms with van der Waals surface area (Å²) in [5.41, 5.74) is 2.29. The number of nitrogens with zero attached hydrogens (tertiary/aromatic N) is 4. The Morgan fingerprint density at radius 1 is 1.19 bits per heavy atom. The minimum Gasteiger partial charge on any atom is -0.458 e. The first-order valence-corrected chi connectivity index (χ1v) is 8.98. The SMILES string of the molecule is CCc1ncnc2c1ncn2C[C@@H](OC(C)=O)C(OC(C)=O)C1CCC1. The maximum Gasteiger partial charge on any atom is 0.303 e. The van der Waals surface area contributed by atoms with Crippen molar-refractivity contribution in [2.75, 3.05) is 0 Å². The van der Waals surface area contributed by atoms with E-state index in [0.717, 1.165) is 36.9 Å². The summed E-state index contributed by atoms with van der Waals surface area (Å²) in [7, 11) is 0. The largest absolute Gasteiger partial charge is 0.458 e. The predicted octanol–water partition coefficient (Wildman–Crippen LogP) is 2.05. The summed E-state index contributed by atoms with van der Waals surface area (Å²) in [6.07, 6.45) is 5.90. The predicted molar refractivity (Wildman–Crippen MR) is 93.2 cm³/mol. The van der Waals surface area contributed by atoms with Crippen LogP contribution in [-0.2, 0) is 32.0 Å². The standard InChI is InChI=1S/C18H24N4O4/c1-4-14-16-18(20-9-19-14)22(10-21-16)8-15(25-11(2)23)17(26-12(3)24)13-6-5-7-13/h9-10,13,15,17H,4-8H2,1-3H3/t15-,17?/m1/s1. The molecule has 140 valence electrons. The highest BCUT2D eigenvalue weighted by Crippen LogP contribution is 2.34. The van der Waals surface area contributed by atoms with Crippen molar-refractivity contribution in [2.24, 2.45) is 5.92 Å². The summed E-state index contributed by atoms with van der Waals surface area (Å²) in [6, 6.07) is 0. The molecule has 0 aliphatic heterocycles. The maximum atomic E-state index is 11.7. The second kappa shape index (κ2) is 7.80. The zero-order valence-corrected chi connectivity index (χ0v) is 15.3. The van der Waals surface area contributed by atoms with Crippen molar-refractivity contribution in [1.82, 2.24) is 19.5 Å². The van der Waals surface area contributed by atoms with Crippen LogP contribution in [0.25, 0.3) is 11.2 Å². The highest BCUT2D eigenvalue weighted by molar-refractivity contribution is 5.73. The van der Waals surface area contributed by atoms with Gasteiger partial charge < -0.3 is 14.0 Å². The van der Waals surface area contributed by atoms with E-state index in [4.69, 9.17) is 9.47 Å². The van der Waals surface area contributed by atoms with Gasteiger partial charge in [-0.3, -0.25) is 9.59 Å². The molecule has 2 atom stereocenters. The number of fused-ring (bicyclic) bond motifs is 1. The number of carbonyl (C=O) groups excluding carboxylic acids is 2. The van der Waals surface area contributed by atoms with E-state index < -0.39 is 18.2 Å². The Balaban J connectivity index is 1.90. The highest BCUT2D eigenvalue weighted by Gasteiger charge is 2.38. The van der Waals surface area contributed by atoms with Crippen molar-refractivity contribution < 1.29 is 19.1 Å². The fourth-order valence-electron chi connectivity index (χ4n) is 3.37. The minimum absolute atomic E-state index is 0.207. The molecule has 0 N–H and O–H groups in total. The highest BCUT2D eigenvalue weighted by atomic mass is 16.6.